The lowest BCUT2D eigenvalue weighted by Crippen LogP contribution is -2.52. The number of rotatable bonds is 4. The molecule has 0 aromatic rings. The van der Waals surface area contributed by atoms with Crippen molar-refractivity contribution in [3.63, 3.8) is 0 Å². The van der Waals surface area contributed by atoms with Gasteiger partial charge in [0.2, 0.25) is 0 Å². The topological polar surface area (TPSA) is 65.3 Å². The number of hydrogen-bond donors (Lipinski definition) is 2. The zero-order valence-corrected chi connectivity index (χ0v) is 9.49. The van der Waals surface area contributed by atoms with Crippen LogP contribution in [0.2, 0.25) is 0 Å². The van der Waals surface area contributed by atoms with Crippen LogP contribution in [-0.4, -0.2) is 36.0 Å². The summed E-state index contributed by atoms with van der Waals surface area (Å²) in [6.45, 7) is 4.84. The number of hydrogen-bond acceptors (Lipinski definition) is 4. The van der Waals surface area contributed by atoms with E-state index in [1.54, 1.807) is 0 Å². The van der Waals surface area contributed by atoms with Gasteiger partial charge in [-0.15, -0.1) is 0 Å². The van der Waals surface area contributed by atoms with Gasteiger partial charge in [-0.25, -0.2) is 0 Å². The Kier molecular flexibility index (Phi) is 4.52. The monoisotopic (exact) mass is 212 g/mol. The molecule has 86 valence electrons. The van der Waals surface area contributed by atoms with E-state index in [1.165, 1.54) is 0 Å². The van der Waals surface area contributed by atoms with Gasteiger partial charge in [-0.3, -0.25) is 5.32 Å². The number of nitrogens with one attached hydrogen (secondary N) is 1. The van der Waals surface area contributed by atoms with Crippen molar-refractivity contribution in [3.8, 4) is 6.07 Å². The summed E-state index contributed by atoms with van der Waals surface area (Å²) in [5.74, 6) is 0. The summed E-state index contributed by atoms with van der Waals surface area (Å²) in [6.07, 6.45) is 2.37. The highest BCUT2D eigenvalue weighted by molar-refractivity contribution is 5.10. The molecule has 2 N–H and O–H groups in total. The number of nitriles is 1. The lowest BCUT2D eigenvalue weighted by atomic mass is 9.85. The lowest BCUT2D eigenvalue weighted by molar-refractivity contribution is -0.0563. The van der Waals surface area contributed by atoms with Gasteiger partial charge in [-0.2, -0.15) is 5.26 Å². The maximum absolute atomic E-state index is 9.25. The van der Waals surface area contributed by atoms with Crippen LogP contribution >= 0.6 is 0 Å². The summed E-state index contributed by atoms with van der Waals surface area (Å²) < 4.78 is 5.61. The normalized spacial score (nSPS) is 36.1. The summed E-state index contributed by atoms with van der Waals surface area (Å²) in [6, 6.07) is 2.36. The quantitative estimate of drug-likeness (QED) is 0.677. The molecule has 0 aliphatic carbocycles. The van der Waals surface area contributed by atoms with Crippen molar-refractivity contribution in [2.24, 2.45) is 0 Å². The van der Waals surface area contributed by atoms with E-state index in [4.69, 9.17) is 9.84 Å². The van der Waals surface area contributed by atoms with E-state index >= 15 is 0 Å². The van der Waals surface area contributed by atoms with E-state index in [0.717, 1.165) is 12.8 Å². The predicted molar refractivity (Wildman–Crippen MR) is 57.3 cm³/mol. The average Bonchev–Trinajstić information content (AvgIpc) is 2.17. The third-order valence-corrected chi connectivity index (χ3v) is 2.75. The minimum atomic E-state index is -0.466. The maximum atomic E-state index is 9.25. The first kappa shape index (κ1) is 12.4. The molecule has 4 nitrogen and oxygen atoms in total. The molecular formula is C11H20N2O2. The summed E-state index contributed by atoms with van der Waals surface area (Å²) in [4.78, 5) is 0. The Morgan fingerprint density at radius 2 is 2.07 bits per heavy atom. The van der Waals surface area contributed by atoms with E-state index in [0.29, 0.717) is 13.0 Å². The van der Waals surface area contributed by atoms with E-state index in [2.05, 4.69) is 11.4 Å². The number of aliphatic hydroxyl groups is 1. The molecule has 0 radical (unpaired) electrons. The van der Waals surface area contributed by atoms with Gasteiger partial charge in [-0.05, 0) is 26.8 Å². The molecule has 0 amide bonds. The molecule has 2 atom stereocenters. The van der Waals surface area contributed by atoms with E-state index < -0.39 is 5.54 Å². The smallest absolute Gasteiger partial charge is 0.111 e. The van der Waals surface area contributed by atoms with Crippen molar-refractivity contribution in [2.45, 2.75) is 50.9 Å². The Labute approximate surface area is 91.2 Å². The van der Waals surface area contributed by atoms with Crippen LogP contribution in [0.1, 0.15) is 33.1 Å². The molecule has 0 aromatic carbocycles. The molecule has 0 bridgehead atoms. The molecule has 15 heavy (non-hydrogen) atoms. The fourth-order valence-electron chi connectivity index (χ4n) is 2.24. The van der Waals surface area contributed by atoms with Gasteiger partial charge in [0.25, 0.3) is 0 Å². The van der Waals surface area contributed by atoms with Crippen LogP contribution in [-0.2, 0) is 4.74 Å². The highest BCUT2D eigenvalue weighted by atomic mass is 16.5. The van der Waals surface area contributed by atoms with Gasteiger partial charge >= 0.3 is 0 Å². The van der Waals surface area contributed by atoms with E-state index in [1.807, 2.05) is 13.8 Å². The third-order valence-electron chi connectivity index (χ3n) is 2.75. The first-order valence-electron chi connectivity index (χ1n) is 5.54. The van der Waals surface area contributed by atoms with Crippen molar-refractivity contribution < 1.29 is 9.84 Å². The summed E-state index contributed by atoms with van der Waals surface area (Å²) in [7, 11) is 0. The molecular weight excluding hydrogens is 192 g/mol. The summed E-state index contributed by atoms with van der Waals surface area (Å²) in [5, 5.41) is 21.2. The van der Waals surface area contributed by atoms with Gasteiger partial charge in [0.15, 0.2) is 0 Å². The Bertz CT molecular complexity index is 227. The van der Waals surface area contributed by atoms with Crippen LogP contribution in [0.25, 0.3) is 0 Å². The number of ether oxygens (including phenoxy) is 1. The van der Waals surface area contributed by atoms with Crippen LogP contribution < -0.4 is 5.32 Å². The minimum absolute atomic E-state index is 0.120. The van der Waals surface area contributed by atoms with E-state index in [9.17, 15) is 5.26 Å². The maximum Gasteiger partial charge on any atom is 0.111 e. The fourth-order valence-corrected chi connectivity index (χ4v) is 2.24. The van der Waals surface area contributed by atoms with Crippen molar-refractivity contribution in [1.82, 2.24) is 5.32 Å². The Morgan fingerprint density at radius 1 is 1.47 bits per heavy atom. The molecule has 4 heteroatoms. The largest absolute Gasteiger partial charge is 0.396 e. The molecule has 1 heterocycles. The molecule has 1 aliphatic heterocycles. The Hall–Kier alpha value is -0.630. The van der Waals surface area contributed by atoms with Crippen molar-refractivity contribution in [3.05, 3.63) is 0 Å². The minimum Gasteiger partial charge on any atom is -0.396 e. The number of aliphatic hydroxyl groups excluding tert-OH is 1. The lowest BCUT2D eigenvalue weighted by Gasteiger charge is -2.38. The van der Waals surface area contributed by atoms with Crippen molar-refractivity contribution in [1.29, 1.82) is 5.26 Å². The van der Waals surface area contributed by atoms with Crippen LogP contribution in [0.5, 0.6) is 0 Å². The standard InChI is InChI=1S/C11H20N2O2/c1-9-6-11(8-12,7-10(2)15-9)13-4-3-5-14/h9-10,13-14H,3-7H2,1-2H3. The molecule has 1 rings (SSSR count). The highest BCUT2D eigenvalue weighted by Gasteiger charge is 2.38. The van der Waals surface area contributed by atoms with Gasteiger partial charge < -0.3 is 9.84 Å². The first-order valence-corrected chi connectivity index (χ1v) is 5.54. The summed E-state index contributed by atoms with van der Waals surface area (Å²) in [5.41, 5.74) is -0.466. The third kappa shape index (κ3) is 3.45. The first-order chi connectivity index (χ1) is 7.12. The van der Waals surface area contributed by atoms with Gasteiger partial charge in [0.05, 0.1) is 18.3 Å². The molecule has 0 aromatic heterocycles. The van der Waals surface area contributed by atoms with Gasteiger partial charge in [-0.1, -0.05) is 0 Å². The van der Waals surface area contributed by atoms with Crippen LogP contribution in [0.3, 0.4) is 0 Å². The van der Waals surface area contributed by atoms with Crippen LogP contribution in [0.4, 0.5) is 0 Å². The van der Waals surface area contributed by atoms with Gasteiger partial charge in [0, 0.05) is 19.4 Å². The molecule has 0 spiro atoms. The summed E-state index contributed by atoms with van der Waals surface area (Å²) >= 11 is 0. The van der Waals surface area contributed by atoms with Crippen molar-refractivity contribution in [2.75, 3.05) is 13.2 Å². The van der Waals surface area contributed by atoms with Crippen LogP contribution in [0.15, 0.2) is 0 Å². The van der Waals surface area contributed by atoms with Gasteiger partial charge in [0.1, 0.15) is 5.54 Å². The zero-order chi connectivity index (χ0) is 11.3. The van der Waals surface area contributed by atoms with Crippen molar-refractivity contribution >= 4 is 0 Å². The second-order valence-electron chi connectivity index (χ2n) is 4.36. The molecule has 0 saturated carbocycles. The fraction of sp³-hybridized carbons (Fsp3) is 0.909. The Balaban J connectivity index is 2.55. The molecule has 1 aliphatic rings. The predicted octanol–water partition coefficient (Wildman–Crippen LogP) is 0.808. The van der Waals surface area contributed by atoms with E-state index in [-0.39, 0.29) is 18.8 Å². The van der Waals surface area contributed by atoms with Crippen LogP contribution in [0, 0.1) is 11.3 Å². The highest BCUT2D eigenvalue weighted by Crippen LogP contribution is 2.28. The Morgan fingerprint density at radius 3 is 2.53 bits per heavy atom. The average molecular weight is 212 g/mol. The second-order valence-corrected chi connectivity index (χ2v) is 4.36. The second kappa shape index (κ2) is 5.45. The number of nitrogens with zero attached hydrogens (tertiary/aromatic N) is 1. The molecule has 1 saturated heterocycles. The zero-order valence-electron chi connectivity index (χ0n) is 9.49. The SMILES string of the molecule is CC1CC(C#N)(NCCCO)CC(C)O1. The molecule has 1 fully saturated rings. The molecule has 2 unspecified atom stereocenters.